The number of hydrogen-bond acceptors (Lipinski definition) is 44. The van der Waals surface area contributed by atoms with E-state index in [0.29, 0.717) is 42.5 Å². The molecule has 10 rings (SSSR count). The number of phenolic OH excluding ortho intramolecular Hbond substituents is 23. The predicted octanol–water partition coefficient (Wildman–Crippen LogP) is 1.46. The minimum absolute atomic E-state index is 0.0813. The summed E-state index contributed by atoms with van der Waals surface area (Å²) < 4.78 is 48.0. The van der Waals surface area contributed by atoms with E-state index < -0.39 is 333 Å². The quantitative estimate of drug-likeness (QED) is 0.0282. The van der Waals surface area contributed by atoms with E-state index in [1.54, 1.807) is 0 Å². The molecule has 44 nitrogen and oxygen atoms in total. The molecule has 112 heavy (non-hydrogen) atoms. The lowest BCUT2D eigenvalue weighted by Crippen LogP contribution is -2.52. The van der Waals surface area contributed by atoms with Gasteiger partial charge in [-0.2, -0.15) is 0 Å². The summed E-state index contributed by atoms with van der Waals surface area (Å²) in [6, 6.07) is 3.40. The van der Waals surface area contributed by atoms with Gasteiger partial charge in [-0.25, -0.2) is 38.4 Å². The van der Waals surface area contributed by atoms with E-state index in [2.05, 4.69) is 0 Å². The van der Waals surface area contributed by atoms with Crippen molar-refractivity contribution in [3.8, 4) is 166 Å². The Morgan fingerprint density at radius 1 is 0.330 bits per heavy atom. The highest BCUT2D eigenvalue weighted by Crippen LogP contribution is 2.57. The standard InChI is InChI=1S/C68H50O44/c69-12-37(107-61(96)16-1-24(71)43(83)25(72)2-16)59(111-62(97)17-3-26(73)44(84)27(74)4-17)57-35(82)15-105-65(100)22-11-36(50(90)54(94)42(22)41-21(67(102)109-57)9-32(79)48(88)53(41)93)106-56-23(10-33(80)49(89)55(56)95)68(103)108-38(13-70)60(112-63(98)18-5-28(75)45(85)29(76)6-18)58-34(81)14-104-64(99)19-7-30(77)46(86)51(91)39(19)40-20(66(101)110-58)8-31(78)47(87)52(40)92/h1-13,34-35,37-38,57-60,71-95H,14-15H2/t34-,35-,37-,38+,57-,58-,59+,60-/m0/s1. The third kappa shape index (κ3) is 14.3. The lowest BCUT2D eigenvalue weighted by atomic mass is 9.91. The number of ether oxygens (including phenoxy) is 9. The first-order chi connectivity index (χ1) is 52.6. The summed E-state index contributed by atoms with van der Waals surface area (Å²) in [7, 11) is 0. The number of aliphatic hydroxyl groups excluding tert-OH is 2. The average molecular weight is 1570 g/mol. The Balaban J connectivity index is 1.07. The van der Waals surface area contributed by atoms with Gasteiger partial charge >= 0.3 is 47.8 Å². The molecule has 0 radical (unpaired) electrons. The van der Waals surface area contributed by atoms with Crippen molar-refractivity contribution in [3.05, 3.63) is 111 Å². The number of cyclic esters (lactones) is 4. The van der Waals surface area contributed by atoms with Gasteiger partial charge in [-0.05, 0) is 54.6 Å². The molecule has 0 saturated heterocycles. The molecule has 0 unspecified atom stereocenters. The first-order valence-electron chi connectivity index (χ1n) is 30.6. The predicted molar refractivity (Wildman–Crippen MR) is 348 cm³/mol. The van der Waals surface area contributed by atoms with Crippen molar-refractivity contribution in [2.75, 3.05) is 13.2 Å². The summed E-state index contributed by atoms with van der Waals surface area (Å²) in [5.74, 6) is -53.3. The Kier molecular flexibility index (Phi) is 21.1. The fourth-order valence-electron chi connectivity index (χ4n) is 11.0. The van der Waals surface area contributed by atoms with Crippen LogP contribution in [0.2, 0.25) is 0 Å². The smallest absolute Gasteiger partial charge is 0.343 e. The van der Waals surface area contributed by atoms with Gasteiger partial charge in [0.25, 0.3) is 0 Å². The Hall–Kier alpha value is -16.0. The maximum absolute atomic E-state index is 14.8. The highest BCUT2D eigenvalue weighted by atomic mass is 16.6. The van der Waals surface area contributed by atoms with Gasteiger partial charge in [0.05, 0.1) is 38.9 Å². The van der Waals surface area contributed by atoms with Crippen LogP contribution in [0.3, 0.4) is 0 Å². The second-order valence-electron chi connectivity index (χ2n) is 23.5. The normalized spacial score (nSPS) is 16.6. The number of aldehydes is 2. The maximum Gasteiger partial charge on any atom is 0.343 e. The lowest BCUT2D eigenvalue weighted by molar-refractivity contribution is -0.142. The second kappa shape index (κ2) is 30.1. The number of benzene rings is 8. The topological polar surface area (TPSA) is 760 Å². The molecule has 2 aliphatic heterocycles. The molecule has 25 N–H and O–H groups in total. The maximum atomic E-state index is 14.8. The van der Waals surface area contributed by atoms with E-state index in [4.69, 9.17) is 42.6 Å². The van der Waals surface area contributed by atoms with Crippen LogP contribution >= 0.6 is 0 Å². The molecule has 8 atom stereocenters. The highest BCUT2D eigenvalue weighted by Gasteiger charge is 2.48. The molecule has 0 aromatic heterocycles. The highest BCUT2D eigenvalue weighted by molar-refractivity contribution is 6.10. The first-order valence-corrected chi connectivity index (χ1v) is 30.6. The average Bonchev–Trinajstić information content (AvgIpc) is 1.00. The van der Waals surface area contributed by atoms with Crippen LogP contribution in [0.5, 0.6) is 144 Å². The molecule has 0 saturated carbocycles. The molecular formula is C68H50O44. The van der Waals surface area contributed by atoms with Gasteiger partial charge in [0.1, 0.15) is 31.0 Å². The number of hydrogen-bond donors (Lipinski definition) is 25. The number of carbonyl (C=O) groups is 10. The lowest BCUT2D eigenvalue weighted by Gasteiger charge is -2.32. The molecule has 0 aliphatic carbocycles. The Morgan fingerprint density at radius 3 is 0.946 bits per heavy atom. The van der Waals surface area contributed by atoms with E-state index in [0.717, 1.165) is 0 Å². The minimum Gasteiger partial charge on any atom is -0.504 e. The largest absolute Gasteiger partial charge is 0.504 e. The number of aromatic hydroxyl groups is 23. The van der Waals surface area contributed by atoms with Crippen LogP contribution in [0.25, 0.3) is 22.3 Å². The van der Waals surface area contributed by atoms with E-state index in [-0.39, 0.29) is 24.3 Å². The first kappa shape index (κ1) is 78.6. The number of carbonyl (C=O) groups excluding carboxylic acids is 10. The molecular weight excluding hydrogens is 1520 g/mol. The van der Waals surface area contributed by atoms with Gasteiger partial charge in [-0.1, -0.05) is 0 Å². The summed E-state index contributed by atoms with van der Waals surface area (Å²) in [5, 5.41) is 270. The van der Waals surface area contributed by atoms with Gasteiger partial charge < -0.3 is 170 Å². The van der Waals surface area contributed by atoms with Gasteiger partial charge in [0.2, 0.25) is 34.5 Å². The molecule has 44 heteroatoms. The van der Waals surface area contributed by atoms with Crippen molar-refractivity contribution >= 4 is 60.3 Å². The third-order valence-corrected chi connectivity index (χ3v) is 16.5. The molecule has 0 spiro atoms. The molecule has 0 bridgehead atoms. The molecule has 2 heterocycles. The number of fused-ring (bicyclic) bond motifs is 6. The van der Waals surface area contributed by atoms with Gasteiger partial charge in [0, 0.05) is 34.4 Å². The van der Waals surface area contributed by atoms with Crippen molar-refractivity contribution < 1.29 is 218 Å². The van der Waals surface area contributed by atoms with E-state index in [1.807, 2.05) is 0 Å². The van der Waals surface area contributed by atoms with Crippen LogP contribution in [0.15, 0.2) is 66.7 Å². The zero-order chi connectivity index (χ0) is 82.6. The van der Waals surface area contributed by atoms with Crippen LogP contribution in [0, 0.1) is 0 Å². The van der Waals surface area contributed by atoms with Crippen molar-refractivity contribution in [2.45, 2.75) is 48.8 Å². The SMILES string of the molecule is O=C[C@H](OC(=O)c1cc(O)c(O)c(O)c1)[C@@H](OC(=O)c1cc(O)c(O)c(O)c1)[C@H]1OC(=O)c2cc(O)c(O)c(O)c2-c2c(cc(Oc3c(C(=O)O[C@H](C=O)[C@H](OC(=O)c4cc(O)c(O)c(O)c4)[C@H]4OC(=O)c5cc(O)c(O)c(O)c5-c5c(cc(O)c(O)c5O)C(=O)OC[C@@H]4O)cc(O)c(O)c3O)c(O)c2O)C(=O)OC[C@@H]1O. The number of phenols is 23. The van der Waals surface area contributed by atoms with Crippen LogP contribution in [-0.2, 0) is 47.5 Å². The molecule has 8 aromatic rings. The molecule has 0 fully saturated rings. The van der Waals surface area contributed by atoms with Gasteiger partial charge in [-0.3, -0.25) is 9.59 Å². The van der Waals surface area contributed by atoms with E-state index in [9.17, 15) is 176 Å². The number of aliphatic hydroxyl groups is 2. The molecule has 0 amide bonds. The Morgan fingerprint density at radius 2 is 0.607 bits per heavy atom. The molecule has 8 aromatic carbocycles. The summed E-state index contributed by atoms with van der Waals surface area (Å²) in [5.41, 5.74) is -15.3. The van der Waals surface area contributed by atoms with Crippen LogP contribution in [0.4, 0.5) is 0 Å². The summed E-state index contributed by atoms with van der Waals surface area (Å²) in [6.45, 7) is -3.32. The van der Waals surface area contributed by atoms with Crippen molar-refractivity contribution in [1.82, 2.24) is 0 Å². The second-order valence-corrected chi connectivity index (χ2v) is 23.5. The minimum atomic E-state index is -3.08. The van der Waals surface area contributed by atoms with Crippen LogP contribution in [0.1, 0.15) is 82.9 Å². The summed E-state index contributed by atoms with van der Waals surface area (Å²) in [4.78, 5) is 141. The van der Waals surface area contributed by atoms with Gasteiger partial charge in [-0.15, -0.1) is 0 Å². The van der Waals surface area contributed by atoms with Gasteiger partial charge in [0.15, 0.2) is 158 Å². The van der Waals surface area contributed by atoms with Crippen molar-refractivity contribution in [3.63, 3.8) is 0 Å². The fraction of sp³-hybridized carbons (Fsp3) is 0.147. The van der Waals surface area contributed by atoms with Crippen LogP contribution in [-0.4, -0.2) is 250 Å². The van der Waals surface area contributed by atoms with Crippen molar-refractivity contribution in [2.24, 2.45) is 0 Å². The van der Waals surface area contributed by atoms with Crippen molar-refractivity contribution in [1.29, 1.82) is 0 Å². The number of esters is 8. The molecule has 2 aliphatic rings. The summed E-state index contributed by atoms with van der Waals surface area (Å²) in [6.07, 6.45) is -24.4. The fourth-order valence-corrected chi connectivity index (χ4v) is 11.0. The summed E-state index contributed by atoms with van der Waals surface area (Å²) >= 11 is 0. The zero-order valence-electron chi connectivity index (χ0n) is 55.0. The Labute approximate surface area is 616 Å². The van der Waals surface area contributed by atoms with E-state index >= 15 is 0 Å². The Bertz CT molecular complexity index is 5280. The van der Waals surface area contributed by atoms with Crippen LogP contribution < -0.4 is 4.74 Å². The number of rotatable bonds is 16. The monoisotopic (exact) mass is 1570 g/mol. The molecule has 586 valence electrons. The zero-order valence-corrected chi connectivity index (χ0v) is 55.0. The van der Waals surface area contributed by atoms with E-state index in [1.165, 1.54) is 0 Å². The third-order valence-electron chi connectivity index (χ3n) is 16.5.